The highest BCUT2D eigenvalue weighted by molar-refractivity contribution is 7.15. The standard InChI is InChI=1S/C12H16N4S/c1-8(2)16-7-9(5-14-16)12-15-10-3-4-13-6-11(10)17-12/h5,7-8,13H,3-4,6H2,1-2H3. The van der Waals surface area contributed by atoms with Crippen molar-refractivity contribution in [3.05, 3.63) is 23.0 Å². The number of nitrogens with one attached hydrogen (secondary N) is 1. The van der Waals surface area contributed by atoms with Gasteiger partial charge in [0.15, 0.2) is 0 Å². The van der Waals surface area contributed by atoms with E-state index in [9.17, 15) is 0 Å². The van der Waals surface area contributed by atoms with E-state index in [0.29, 0.717) is 6.04 Å². The fraction of sp³-hybridized carbons (Fsp3) is 0.500. The van der Waals surface area contributed by atoms with Crippen molar-refractivity contribution in [2.45, 2.75) is 32.9 Å². The van der Waals surface area contributed by atoms with Gasteiger partial charge in [-0.05, 0) is 13.8 Å². The largest absolute Gasteiger partial charge is 0.311 e. The van der Waals surface area contributed by atoms with Gasteiger partial charge in [0.05, 0.1) is 11.9 Å². The van der Waals surface area contributed by atoms with Crippen LogP contribution in [-0.2, 0) is 13.0 Å². The predicted octanol–water partition coefficient (Wildman–Crippen LogP) is 2.23. The maximum absolute atomic E-state index is 4.72. The minimum Gasteiger partial charge on any atom is -0.311 e. The number of hydrogen-bond donors (Lipinski definition) is 1. The molecule has 0 aromatic carbocycles. The van der Waals surface area contributed by atoms with Gasteiger partial charge in [0, 0.05) is 42.2 Å². The second-order valence-corrected chi connectivity index (χ2v) is 5.70. The Bertz CT molecular complexity index is 503. The summed E-state index contributed by atoms with van der Waals surface area (Å²) in [5, 5.41) is 8.85. The Labute approximate surface area is 105 Å². The lowest BCUT2D eigenvalue weighted by Crippen LogP contribution is -2.22. The molecular formula is C12H16N4S. The van der Waals surface area contributed by atoms with E-state index >= 15 is 0 Å². The SMILES string of the molecule is CC(C)n1cc(-c2nc3c(s2)CNCC3)cn1. The van der Waals surface area contributed by atoms with Crippen LogP contribution in [0.15, 0.2) is 12.4 Å². The molecule has 1 aliphatic heterocycles. The molecule has 17 heavy (non-hydrogen) atoms. The molecule has 1 N–H and O–H groups in total. The van der Waals surface area contributed by atoms with E-state index in [0.717, 1.165) is 30.1 Å². The van der Waals surface area contributed by atoms with Crippen molar-refractivity contribution >= 4 is 11.3 Å². The summed E-state index contributed by atoms with van der Waals surface area (Å²) in [5.74, 6) is 0. The topological polar surface area (TPSA) is 42.7 Å². The van der Waals surface area contributed by atoms with Gasteiger partial charge in [-0.15, -0.1) is 11.3 Å². The molecule has 0 bridgehead atoms. The summed E-state index contributed by atoms with van der Waals surface area (Å²) in [5.41, 5.74) is 2.40. The molecule has 0 unspecified atom stereocenters. The molecule has 0 radical (unpaired) electrons. The van der Waals surface area contributed by atoms with Crippen LogP contribution in [0.25, 0.3) is 10.6 Å². The number of aromatic nitrogens is 3. The third-order valence-electron chi connectivity index (χ3n) is 2.98. The second-order valence-electron chi connectivity index (χ2n) is 4.62. The molecular weight excluding hydrogens is 232 g/mol. The number of hydrogen-bond acceptors (Lipinski definition) is 4. The average Bonchev–Trinajstić information content (AvgIpc) is 2.95. The monoisotopic (exact) mass is 248 g/mol. The van der Waals surface area contributed by atoms with E-state index < -0.39 is 0 Å². The smallest absolute Gasteiger partial charge is 0.127 e. The van der Waals surface area contributed by atoms with Crippen LogP contribution < -0.4 is 5.32 Å². The van der Waals surface area contributed by atoms with Gasteiger partial charge in [-0.3, -0.25) is 4.68 Å². The van der Waals surface area contributed by atoms with Gasteiger partial charge >= 0.3 is 0 Å². The Morgan fingerprint density at radius 3 is 3.06 bits per heavy atom. The summed E-state index contributed by atoms with van der Waals surface area (Å²) >= 11 is 1.79. The second kappa shape index (κ2) is 4.23. The van der Waals surface area contributed by atoms with E-state index in [-0.39, 0.29) is 0 Å². The van der Waals surface area contributed by atoms with Gasteiger partial charge in [-0.1, -0.05) is 0 Å². The minimum atomic E-state index is 0.403. The Morgan fingerprint density at radius 2 is 2.35 bits per heavy atom. The summed E-state index contributed by atoms with van der Waals surface area (Å²) in [6.45, 7) is 6.27. The zero-order chi connectivity index (χ0) is 11.8. The van der Waals surface area contributed by atoms with Crippen LogP contribution in [0.3, 0.4) is 0 Å². The van der Waals surface area contributed by atoms with Gasteiger partial charge in [-0.2, -0.15) is 5.10 Å². The van der Waals surface area contributed by atoms with Gasteiger partial charge in [0.25, 0.3) is 0 Å². The summed E-state index contributed by atoms with van der Waals surface area (Å²) in [7, 11) is 0. The number of fused-ring (bicyclic) bond motifs is 1. The summed E-state index contributed by atoms with van der Waals surface area (Å²) in [4.78, 5) is 6.10. The maximum atomic E-state index is 4.72. The molecule has 4 nitrogen and oxygen atoms in total. The quantitative estimate of drug-likeness (QED) is 0.886. The molecule has 3 heterocycles. The third kappa shape index (κ3) is 2.00. The highest BCUT2D eigenvalue weighted by atomic mass is 32.1. The van der Waals surface area contributed by atoms with Crippen LogP contribution in [0.1, 0.15) is 30.5 Å². The molecule has 3 rings (SSSR count). The van der Waals surface area contributed by atoms with Crippen LogP contribution in [-0.4, -0.2) is 21.3 Å². The van der Waals surface area contributed by atoms with Crippen molar-refractivity contribution in [3.8, 4) is 10.6 Å². The first-order valence-electron chi connectivity index (χ1n) is 5.98. The summed E-state index contributed by atoms with van der Waals surface area (Å²) in [6.07, 6.45) is 5.05. The Balaban J connectivity index is 1.94. The lowest BCUT2D eigenvalue weighted by molar-refractivity contribution is 0.532. The molecule has 0 amide bonds. The van der Waals surface area contributed by atoms with E-state index in [1.54, 1.807) is 11.3 Å². The number of rotatable bonds is 2. The molecule has 0 saturated heterocycles. The molecule has 0 spiro atoms. The molecule has 90 valence electrons. The van der Waals surface area contributed by atoms with Gasteiger partial charge in [0.2, 0.25) is 0 Å². The van der Waals surface area contributed by atoms with Gasteiger partial charge < -0.3 is 5.32 Å². The normalized spacial score (nSPS) is 15.2. The van der Waals surface area contributed by atoms with E-state index in [1.165, 1.54) is 10.6 Å². The molecule has 0 saturated carbocycles. The summed E-state index contributed by atoms with van der Waals surface area (Å²) < 4.78 is 1.98. The fourth-order valence-corrected chi connectivity index (χ4v) is 3.03. The summed E-state index contributed by atoms with van der Waals surface area (Å²) in [6, 6.07) is 0.403. The van der Waals surface area contributed by atoms with Crippen LogP contribution >= 0.6 is 11.3 Å². The first-order valence-corrected chi connectivity index (χ1v) is 6.79. The van der Waals surface area contributed by atoms with Gasteiger partial charge in [0.1, 0.15) is 5.01 Å². The Kier molecular flexibility index (Phi) is 2.72. The van der Waals surface area contributed by atoms with Crippen LogP contribution in [0.2, 0.25) is 0 Å². The van der Waals surface area contributed by atoms with Crippen LogP contribution in [0, 0.1) is 0 Å². The molecule has 0 atom stereocenters. The van der Waals surface area contributed by atoms with Crippen molar-refractivity contribution in [2.75, 3.05) is 6.54 Å². The molecule has 5 heteroatoms. The fourth-order valence-electron chi connectivity index (χ4n) is 1.98. The molecule has 0 aliphatic carbocycles. The zero-order valence-electron chi connectivity index (χ0n) is 10.1. The van der Waals surface area contributed by atoms with Crippen molar-refractivity contribution in [1.29, 1.82) is 0 Å². The highest BCUT2D eigenvalue weighted by Crippen LogP contribution is 2.29. The van der Waals surface area contributed by atoms with E-state index in [2.05, 4.69) is 30.5 Å². The van der Waals surface area contributed by atoms with E-state index in [1.807, 2.05) is 10.9 Å². The molecule has 2 aromatic rings. The first-order chi connectivity index (χ1) is 8.24. The van der Waals surface area contributed by atoms with Gasteiger partial charge in [-0.25, -0.2) is 4.98 Å². The van der Waals surface area contributed by atoms with E-state index in [4.69, 9.17) is 4.98 Å². The molecule has 1 aliphatic rings. The van der Waals surface area contributed by atoms with Crippen molar-refractivity contribution in [1.82, 2.24) is 20.1 Å². The minimum absolute atomic E-state index is 0.403. The van der Waals surface area contributed by atoms with Crippen molar-refractivity contribution < 1.29 is 0 Å². The lowest BCUT2D eigenvalue weighted by Gasteiger charge is -2.09. The Hall–Kier alpha value is -1.20. The van der Waals surface area contributed by atoms with Crippen LogP contribution in [0.5, 0.6) is 0 Å². The number of thiazole rings is 1. The lowest BCUT2D eigenvalue weighted by atomic mass is 10.2. The Morgan fingerprint density at radius 1 is 1.47 bits per heavy atom. The molecule has 2 aromatic heterocycles. The molecule has 0 fully saturated rings. The van der Waals surface area contributed by atoms with Crippen molar-refractivity contribution in [2.24, 2.45) is 0 Å². The first kappa shape index (κ1) is 10.9. The predicted molar refractivity (Wildman–Crippen MR) is 69.1 cm³/mol. The highest BCUT2D eigenvalue weighted by Gasteiger charge is 2.16. The number of nitrogens with zero attached hydrogens (tertiary/aromatic N) is 3. The average molecular weight is 248 g/mol. The van der Waals surface area contributed by atoms with Crippen LogP contribution in [0.4, 0.5) is 0 Å². The maximum Gasteiger partial charge on any atom is 0.127 e. The van der Waals surface area contributed by atoms with Crippen molar-refractivity contribution in [3.63, 3.8) is 0 Å². The zero-order valence-corrected chi connectivity index (χ0v) is 10.9. The third-order valence-corrected chi connectivity index (χ3v) is 4.13.